The minimum absolute atomic E-state index is 0.718. The van der Waals surface area contributed by atoms with Crippen molar-refractivity contribution in [3.8, 4) is 0 Å². The molecule has 0 aromatic rings. The summed E-state index contributed by atoms with van der Waals surface area (Å²) in [5.41, 5.74) is 0. The second-order valence-electron chi connectivity index (χ2n) is 5.01. The van der Waals surface area contributed by atoms with Crippen LogP contribution in [0.15, 0.2) is 0 Å². The maximum absolute atomic E-state index is 3.82. The molecule has 0 bridgehead atoms. The maximum atomic E-state index is 3.82. The van der Waals surface area contributed by atoms with E-state index in [1.807, 2.05) is 0 Å². The van der Waals surface area contributed by atoms with Gasteiger partial charge in [-0.05, 0) is 53.5 Å². The van der Waals surface area contributed by atoms with E-state index in [2.05, 4.69) is 46.9 Å². The molecule has 0 heterocycles. The van der Waals surface area contributed by atoms with Crippen LogP contribution in [0.1, 0.15) is 32.1 Å². The third kappa shape index (κ3) is 4.83. The van der Waals surface area contributed by atoms with Gasteiger partial charge >= 0.3 is 0 Å². The van der Waals surface area contributed by atoms with Crippen molar-refractivity contribution in [2.75, 3.05) is 34.2 Å². The summed E-state index contributed by atoms with van der Waals surface area (Å²) in [7, 11) is 6.57. The Morgan fingerprint density at radius 3 is 2.33 bits per heavy atom. The Morgan fingerprint density at radius 2 is 1.73 bits per heavy atom. The van der Waals surface area contributed by atoms with Crippen LogP contribution in [0, 0.1) is 0 Å². The molecule has 0 radical (unpaired) electrons. The molecule has 0 N–H and O–H groups in total. The number of halogens is 1. The van der Waals surface area contributed by atoms with Gasteiger partial charge in [0, 0.05) is 10.9 Å². The minimum atomic E-state index is 0.718. The van der Waals surface area contributed by atoms with E-state index in [0.717, 1.165) is 10.9 Å². The normalized spacial score (nSPS) is 27.6. The average Bonchev–Trinajstić information content (AvgIpc) is 2.17. The van der Waals surface area contributed by atoms with Crippen molar-refractivity contribution in [2.24, 2.45) is 0 Å². The fourth-order valence-electron chi connectivity index (χ4n) is 2.36. The zero-order valence-electron chi connectivity index (χ0n) is 10.4. The molecule has 0 amide bonds. The van der Waals surface area contributed by atoms with Gasteiger partial charge in [-0.3, -0.25) is 0 Å². The van der Waals surface area contributed by atoms with Crippen LogP contribution in [0.3, 0.4) is 0 Å². The molecule has 15 heavy (non-hydrogen) atoms. The maximum Gasteiger partial charge on any atom is 0.0301 e. The molecule has 2 unspecified atom stereocenters. The molecule has 3 heteroatoms. The van der Waals surface area contributed by atoms with Gasteiger partial charge in [0.1, 0.15) is 0 Å². The Balaban J connectivity index is 2.22. The summed E-state index contributed by atoms with van der Waals surface area (Å²) in [6, 6.07) is 0.765. The largest absolute Gasteiger partial charge is 0.309 e. The Bertz CT molecular complexity index is 173. The van der Waals surface area contributed by atoms with Crippen LogP contribution in [-0.2, 0) is 0 Å². The zero-order chi connectivity index (χ0) is 11.3. The van der Waals surface area contributed by atoms with E-state index >= 15 is 0 Å². The molecule has 0 aromatic heterocycles. The summed E-state index contributed by atoms with van der Waals surface area (Å²) >= 11 is 3.82. The number of nitrogens with zero attached hydrogens (tertiary/aromatic N) is 2. The quantitative estimate of drug-likeness (QED) is 0.713. The molecule has 0 aliphatic heterocycles. The monoisotopic (exact) mass is 276 g/mol. The Labute approximate surface area is 103 Å². The van der Waals surface area contributed by atoms with Crippen LogP contribution in [0.2, 0.25) is 0 Å². The van der Waals surface area contributed by atoms with Gasteiger partial charge in [0.15, 0.2) is 0 Å². The zero-order valence-corrected chi connectivity index (χ0v) is 12.0. The van der Waals surface area contributed by atoms with Crippen LogP contribution in [-0.4, -0.2) is 54.9 Å². The van der Waals surface area contributed by atoms with Crippen LogP contribution < -0.4 is 0 Å². The Morgan fingerprint density at radius 1 is 1.07 bits per heavy atom. The lowest BCUT2D eigenvalue weighted by molar-refractivity contribution is 0.192. The predicted molar refractivity (Wildman–Crippen MR) is 70.8 cm³/mol. The topological polar surface area (TPSA) is 6.48 Å². The first kappa shape index (κ1) is 13.5. The molecule has 1 fully saturated rings. The molecule has 0 saturated heterocycles. The second kappa shape index (κ2) is 6.87. The van der Waals surface area contributed by atoms with E-state index in [1.54, 1.807) is 0 Å². The van der Waals surface area contributed by atoms with Crippen molar-refractivity contribution in [3.05, 3.63) is 0 Å². The predicted octanol–water partition coefficient (Wildman–Crippen LogP) is 2.58. The third-order valence-electron chi connectivity index (χ3n) is 3.33. The fraction of sp³-hybridized carbons (Fsp3) is 1.00. The van der Waals surface area contributed by atoms with Crippen molar-refractivity contribution < 1.29 is 0 Å². The third-order valence-corrected chi connectivity index (χ3v) is 4.40. The van der Waals surface area contributed by atoms with E-state index in [-0.39, 0.29) is 0 Å². The Kier molecular flexibility index (Phi) is 6.17. The molecular formula is C12H25BrN2. The van der Waals surface area contributed by atoms with E-state index in [1.165, 1.54) is 45.2 Å². The van der Waals surface area contributed by atoms with Gasteiger partial charge in [0.05, 0.1) is 0 Å². The van der Waals surface area contributed by atoms with Crippen LogP contribution >= 0.6 is 15.9 Å². The molecule has 1 aliphatic rings. The van der Waals surface area contributed by atoms with Gasteiger partial charge < -0.3 is 9.80 Å². The first-order valence-electron chi connectivity index (χ1n) is 6.10. The van der Waals surface area contributed by atoms with Crippen molar-refractivity contribution in [1.82, 2.24) is 9.80 Å². The molecule has 1 rings (SSSR count). The first-order valence-corrected chi connectivity index (χ1v) is 7.02. The summed E-state index contributed by atoms with van der Waals surface area (Å²) < 4.78 is 0. The highest BCUT2D eigenvalue weighted by atomic mass is 79.9. The molecule has 1 aliphatic carbocycles. The average molecular weight is 277 g/mol. The number of rotatable bonds is 5. The van der Waals surface area contributed by atoms with Crippen molar-refractivity contribution in [2.45, 2.75) is 43.0 Å². The van der Waals surface area contributed by atoms with Crippen LogP contribution in [0.25, 0.3) is 0 Å². The van der Waals surface area contributed by atoms with Gasteiger partial charge in [-0.25, -0.2) is 0 Å². The fourth-order valence-corrected chi connectivity index (χ4v) is 3.36. The molecule has 0 aromatic carbocycles. The molecule has 90 valence electrons. The molecule has 2 nitrogen and oxygen atoms in total. The summed E-state index contributed by atoms with van der Waals surface area (Å²) in [6.07, 6.45) is 6.81. The number of hydrogen-bond acceptors (Lipinski definition) is 2. The van der Waals surface area contributed by atoms with Crippen molar-refractivity contribution in [3.63, 3.8) is 0 Å². The minimum Gasteiger partial charge on any atom is -0.309 e. The highest BCUT2D eigenvalue weighted by Gasteiger charge is 2.25. The van der Waals surface area contributed by atoms with E-state index in [9.17, 15) is 0 Å². The van der Waals surface area contributed by atoms with Crippen LogP contribution in [0.5, 0.6) is 0 Å². The van der Waals surface area contributed by atoms with Crippen molar-refractivity contribution >= 4 is 15.9 Å². The van der Waals surface area contributed by atoms with Crippen LogP contribution in [0.4, 0.5) is 0 Å². The highest BCUT2D eigenvalue weighted by Crippen LogP contribution is 2.27. The standard InChI is InChI=1S/C12H25BrN2/c1-14(2)9-6-10-15(3)12-8-5-4-7-11(12)13/h11-12H,4-10H2,1-3H3. The summed E-state index contributed by atoms with van der Waals surface area (Å²) in [4.78, 5) is 5.53. The highest BCUT2D eigenvalue weighted by molar-refractivity contribution is 9.09. The van der Waals surface area contributed by atoms with E-state index in [4.69, 9.17) is 0 Å². The molecule has 2 atom stereocenters. The molecular weight excluding hydrogens is 252 g/mol. The summed E-state index contributed by atoms with van der Waals surface area (Å²) in [5, 5.41) is 0. The SMILES string of the molecule is CN(C)CCCN(C)C1CCCCC1Br. The summed E-state index contributed by atoms with van der Waals surface area (Å²) in [5.74, 6) is 0. The number of alkyl halides is 1. The van der Waals surface area contributed by atoms with E-state index in [0.29, 0.717) is 0 Å². The molecule has 1 saturated carbocycles. The van der Waals surface area contributed by atoms with Gasteiger partial charge in [-0.15, -0.1) is 0 Å². The van der Waals surface area contributed by atoms with Gasteiger partial charge in [0.2, 0.25) is 0 Å². The second-order valence-corrected chi connectivity index (χ2v) is 6.18. The lowest BCUT2D eigenvalue weighted by atomic mass is 9.94. The lowest BCUT2D eigenvalue weighted by Gasteiger charge is -2.35. The van der Waals surface area contributed by atoms with Gasteiger partial charge in [-0.2, -0.15) is 0 Å². The van der Waals surface area contributed by atoms with Gasteiger partial charge in [0.25, 0.3) is 0 Å². The van der Waals surface area contributed by atoms with Crippen molar-refractivity contribution in [1.29, 1.82) is 0 Å². The lowest BCUT2D eigenvalue weighted by Crippen LogP contribution is -2.41. The van der Waals surface area contributed by atoms with Gasteiger partial charge in [-0.1, -0.05) is 28.8 Å². The van der Waals surface area contributed by atoms with E-state index < -0.39 is 0 Å². The summed E-state index contributed by atoms with van der Waals surface area (Å²) in [6.45, 7) is 2.43. The smallest absolute Gasteiger partial charge is 0.0301 e. The first-order chi connectivity index (χ1) is 7.11. The molecule has 0 spiro atoms. The Hall–Kier alpha value is 0.400. The number of hydrogen-bond donors (Lipinski definition) is 0.